The summed E-state index contributed by atoms with van der Waals surface area (Å²) >= 11 is 0. The van der Waals surface area contributed by atoms with Crippen LogP contribution in [0.3, 0.4) is 0 Å². The number of carboxylic acid groups (broad SMARTS) is 2. The molecule has 0 radical (unpaired) electrons. The Kier molecular flexibility index (Phi) is 25.2. The van der Waals surface area contributed by atoms with Gasteiger partial charge in [0.25, 0.3) is 0 Å². The molecule has 0 fully saturated rings. The Morgan fingerprint density at radius 2 is 1.18 bits per heavy atom. The molecule has 90 valence electrons. The molecule has 6 heteroatoms. The van der Waals surface area contributed by atoms with E-state index in [9.17, 15) is 9.59 Å². The predicted octanol–water partition coefficient (Wildman–Crippen LogP) is -1.42. The molecule has 0 spiro atoms. The third-order valence-corrected chi connectivity index (χ3v) is 0.814. The Balaban J connectivity index is -0.0000000741. The van der Waals surface area contributed by atoms with Crippen molar-refractivity contribution >= 4 is 18.2 Å². The zero-order chi connectivity index (χ0) is 13.7. The van der Waals surface area contributed by atoms with E-state index in [-0.39, 0.29) is 40.7 Å². The Bertz CT molecular complexity index is 240. The van der Waals surface area contributed by atoms with Crippen LogP contribution in [0.25, 0.3) is 0 Å². The average Bonchev–Trinajstić information content (AvgIpc) is 2.18. The van der Waals surface area contributed by atoms with Gasteiger partial charge in [-0.25, -0.2) is 22.2 Å². The maximum atomic E-state index is 9.60. The Morgan fingerprint density at radius 3 is 1.18 bits per heavy atom. The van der Waals surface area contributed by atoms with Crippen LogP contribution in [-0.4, -0.2) is 28.4 Å². The summed E-state index contributed by atoms with van der Waals surface area (Å²) < 4.78 is 0. The van der Waals surface area contributed by atoms with Crippen LogP contribution in [0.5, 0.6) is 0 Å². The van der Waals surface area contributed by atoms with E-state index in [1.807, 2.05) is 0 Å². The first kappa shape index (κ1) is 24.9. The molecule has 5 nitrogen and oxygen atoms in total. The Morgan fingerprint density at radius 1 is 1.06 bits per heavy atom. The summed E-state index contributed by atoms with van der Waals surface area (Å²) in [4.78, 5) is 28.1. The minimum absolute atomic E-state index is 0. The number of carbonyl (C=O) groups is 2. The van der Waals surface area contributed by atoms with E-state index in [4.69, 9.17) is 15.0 Å². The van der Waals surface area contributed by atoms with E-state index in [0.717, 1.165) is 6.08 Å². The van der Waals surface area contributed by atoms with Gasteiger partial charge in [0.05, 0.1) is 0 Å². The summed E-state index contributed by atoms with van der Waals surface area (Å²) in [5.41, 5.74) is 0.352. The standard InChI is InChI=1S/2C4H6O2.C3H3O.Na/c2*1-3(2)4(5)6;1-2-3-4;/h2*1H2,2H3,(H,5,6);2H,1H2;/q;;-1;+1. The fourth-order valence-electron chi connectivity index (χ4n) is 0. The molecular formula is C11H15NaO5. The van der Waals surface area contributed by atoms with Gasteiger partial charge < -0.3 is 15.0 Å². The first-order valence-electron chi connectivity index (χ1n) is 3.96. The second-order valence-corrected chi connectivity index (χ2v) is 2.49. The van der Waals surface area contributed by atoms with Crippen LogP contribution in [0.1, 0.15) is 13.8 Å². The number of aliphatic carboxylic acids is 2. The molecule has 0 aliphatic rings. The molecule has 17 heavy (non-hydrogen) atoms. The van der Waals surface area contributed by atoms with Crippen molar-refractivity contribution < 1.29 is 54.2 Å². The number of rotatable bonds is 3. The van der Waals surface area contributed by atoms with Gasteiger partial charge in [-0.15, -0.1) is 0 Å². The third-order valence-electron chi connectivity index (χ3n) is 0.814. The van der Waals surface area contributed by atoms with Crippen LogP contribution >= 0.6 is 0 Å². The van der Waals surface area contributed by atoms with E-state index in [0.29, 0.717) is 0 Å². The van der Waals surface area contributed by atoms with Gasteiger partial charge in [-0.3, -0.25) is 0 Å². The molecule has 0 aromatic heterocycles. The van der Waals surface area contributed by atoms with Gasteiger partial charge >= 0.3 is 41.5 Å². The van der Waals surface area contributed by atoms with Gasteiger partial charge in [0.2, 0.25) is 0 Å². The molecule has 0 aromatic carbocycles. The molecule has 0 saturated heterocycles. The minimum Gasteiger partial charge on any atom is -0.478 e. The molecule has 0 heterocycles. The predicted molar refractivity (Wildman–Crippen MR) is 60.8 cm³/mol. The van der Waals surface area contributed by atoms with Crippen molar-refractivity contribution in [2.45, 2.75) is 13.8 Å². The summed E-state index contributed by atoms with van der Waals surface area (Å²) in [6, 6.07) is 0. The number of carbonyl (C=O) groups excluding carboxylic acids is 1. The van der Waals surface area contributed by atoms with Crippen LogP contribution < -0.4 is 29.6 Å². The average molecular weight is 250 g/mol. The number of carboxylic acids is 2. The summed E-state index contributed by atoms with van der Waals surface area (Å²) in [6.07, 6.45) is 2.51. The molecule has 0 aliphatic heterocycles. The second-order valence-electron chi connectivity index (χ2n) is 2.49. The summed E-state index contributed by atoms with van der Waals surface area (Å²) in [5.74, 6) is -1.87. The molecular weight excluding hydrogens is 235 g/mol. The van der Waals surface area contributed by atoms with Crippen molar-refractivity contribution in [3.8, 4) is 0 Å². The van der Waals surface area contributed by atoms with Crippen molar-refractivity contribution in [1.29, 1.82) is 0 Å². The van der Waals surface area contributed by atoms with Crippen molar-refractivity contribution in [2.24, 2.45) is 0 Å². The van der Waals surface area contributed by atoms with Crippen LogP contribution in [-0.2, 0) is 14.4 Å². The SMILES string of the molecule is C=C(C)C(=O)O.C=C(C)C(=O)O.C=C[C-]=O.[Na+]. The van der Waals surface area contributed by atoms with Gasteiger partial charge in [0, 0.05) is 11.1 Å². The van der Waals surface area contributed by atoms with E-state index in [1.54, 1.807) is 0 Å². The largest absolute Gasteiger partial charge is 1.00 e. The van der Waals surface area contributed by atoms with E-state index < -0.39 is 11.9 Å². The normalized spacial score (nSPS) is 6.47. The van der Waals surface area contributed by atoms with Crippen molar-refractivity contribution in [3.05, 3.63) is 37.0 Å². The fourth-order valence-corrected chi connectivity index (χ4v) is 0. The monoisotopic (exact) mass is 250 g/mol. The van der Waals surface area contributed by atoms with E-state index in [2.05, 4.69) is 19.7 Å². The Labute approximate surface area is 123 Å². The molecule has 0 aliphatic carbocycles. The van der Waals surface area contributed by atoms with E-state index >= 15 is 0 Å². The maximum absolute atomic E-state index is 9.60. The van der Waals surface area contributed by atoms with Crippen molar-refractivity contribution in [2.75, 3.05) is 0 Å². The topological polar surface area (TPSA) is 91.7 Å². The third kappa shape index (κ3) is 39.8. The van der Waals surface area contributed by atoms with Gasteiger partial charge in [-0.2, -0.15) is 0 Å². The van der Waals surface area contributed by atoms with Gasteiger partial charge in [0.1, 0.15) is 0 Å². The van der Waals surface area contributed by atoms with Gasteiger partial charge in [-0.05, 0) is 20.1 Å². The number of allylic oxidation sites excluding steroid dienone is 1. The van der Waals surface area contributed by atoms with Gasteiger partial charge in [-0.1, -0.05) is 13.2 Å². The fraction of sp³-hybridized carbons (Fsp3) is 0.182. The molecule has 0 amide bonds. The quantitative estimate of drug-likeness (QED) is 0.364. The number of hydrogen-bond acceptors (Lipinski definition) is 3. The molecule has 0 bridgehead atoms. The maximum Gasteiger partial charge on any atom is 1.00 e. The van der Waals surface area contributed by atoms with E-state index in [1.165, 1.54) is 20.1 Å². The molecule has 0 aromatic rings. The smallest absolute Gasteiger partial charge is 0.478 e. The van der Waals surface area contributed by atoms with Gasteiger partial charge in [0.15, 0.2) is 0 Å². The molecule has 0 unspecified atom stereocenters. The van der Waals surface area contributed by atoms with Crippen molar-refractivity contribution in [3.63, 3.8) is 0 Å². The minimum atomic E-state index is -0.935. The zero-order valence-electron chi connectivity index (χ0n) is 10.3. The first-order chi connectivity index (χ1) is 7.20. The van der Waals surface area contributed by atoms with Crippen LogP contribution in [0.4, 0.5) is 0 Å². The Hall–Kier alpha value is -1.17. The molecule has 0 rings (SSSR count). The molecule has 0 saturated carbocycles. The molecule has 2 N–H and O–H groups in total. The van der Waals surface area contributed by atoms with Crippen LogP contribution in [0.15, 0.2) is 37.0 Å². The van der Waals surface area contributed by atoms with Crippen LogP contribution in [0.2, 0.25) is 0 Å². The second kappa shape index (κ2) is 17.2. The zero-order valence-corrected chi connectivity index (χ0v) is 12.3. The van der Waals surface area contributed by atoms with Crippen molar-refractivity contribution in [1.82, 2.24) is 0 Å². The number of hydrogen-bond donors (Lipinski definition) is 2. The molecule has 0 atom stereocenters. The van der Waals surface area contributed by atoms with Crippen LogP contribution in [0, 0.1) is 0 Å². The summed E-state index contributed by atoms with van der Waals surface area (Å²) in [5, 5.41) is 15.8. The summed E-state index contributed by atoms with van der Waals surface area (Å²) in [7, 11) is 0. The first-order valence-corrected chi connectivity index (χ1v) is 3.96. The summed E-state index contributed by atoms with van der Waals surface area (Å²) in [6.45, 7) is 12.3.